The molecule has 0 saturated carbocycles. The minimum absolute atomic E-state index is 0.199. The van der Waals surface area contributed by atoms with Crippen LogP contribution in [0.5, 0.6) is 0 Å². The number of nitrogens with one attached hydrogen (secondary N) is 1. The van der Waals surface area contributed by atoms with Crippen molar-refractivity contribution in [2.45, 2.75) is 25.9 Å². The molecule has 0 aliphatic rings. The van der Waals surface area contributed by atoms with Crippen LogP contribution in [-0.4, -0.2) is 31.8 Å². The summed E-state index contributed by atoms with van der Waals surface area (Å²) < 4.78 is 38.7. The summed E-state index contributed by atoms with van der Waals surface area (Å²) in [6.45, 7) is 3.15. The summed E-state index contributed by atoms with van der Waals surface area (Å²) in [4.78, 5) is 10.2. The molecule has 0 unspecified atom stereocenters. The maximum atomic E-state index is 11.6. The highest BCUT2D eigenvalue weighted by molar-refractivity contribution is 5.75. The molecular formula is C8H14F3NO2. The van der Waals surface area contributed by atoms with Gasteiger partial charge in [-0.2, -0.15) is 13.2 Å². The van der Waals surface area contributed by atoms with E-state index in [0.29, 0.717) is 13.0 Å². The molecule has 0 saturated heterocycles. The van der Waals surface area contributed by atoms with Crippen LogP contribution in [0.4, 0.5) is 13.2 Å². The molecule has 0 heterocycles. The Bertz CT molecular complexity index is 170. The molecule has 0 amide bonds. The summed E-state index contributed by atoms with van der Waals surface area (Å²) in [7, 11) is 0. The second-order valence-corrected chi connectivity index (χ2v) is 2.74. The molecule has 6 heteroatoms. The molecule has 0 fully saturated rings. The predicted molar refractivity (Wildman–Crippen MR) is 44.8 cm³/mol. The molecule has 0 aliphatic heterocycles. The lowest BCUT2D eigenvalue weighted by atomic mass is 10.4. The van der Waals surface area contributed by atoms with E-state index >= 15 is 0 Å². The highest BCUT2D eigenvalue weighted by Crippen LogP contribution is 2.16. The highest BCUT2D eigenvalue weighted by atomic mass is 19.4. The van der Waals surface area contributed by atoms with Crippen LogP contribution in [0.2, 0.25) is 0 Å². The van der Waals surface area contributed by atoms with Gasteiger partial charge in [-0.15, -0.1) is 0 Å². The summed E-state index contributed by atoms with van der Waals surface area (Å²) in [6.07, 6.45) is -3.53. The lowest BCUT2D eigenvalue weighted by Crippen LogP contribution is -2.26. The van der Waals surface area contributed by atoms with Crippen LogP contribution in [-0.2, 0) is 9.53 Å². The topological polar surface area (TPSA) is 38.3 Å². The van der Waals surface area contributed by atoms with Gasteiger partial charge in [0.05, 0.1) is 6.61 Å². The quantitative estimate of drug-likeness (QED) is 0.536. The van der Waals surface area contributed by atoms with Gasteiger partial charge in [-0.05, 0) is 25.9 Å². The molecule has 0 aromatic heterocycles. The van der Waals surface area contributed by atoms with E-state index in [-0.39, 0.29) is 6.61 Å². The minimum Gasteiger partial charge on any atom is -0.459 e. The van der Waals surface area contributed by atoms with Gasteiger partial charge >= 0.3 is 12.1 Å². The third kappa shape index (κ3) is 6.71. The number of carbonyl (C=O) groups is 1. The zero-order chi connectivity index (χ0) is 11.0. The number of hydrogen-bond donors (Lipinski definition) is 1. The molecule has 0 rings (SSSR count). The summed E-state index contributed by atoms with van der Waals surface area (Å²) in [5.74, 6) is -2.12. The Morgan fingerprint density at radius 3 is 2.50 bits per heavy atom. The zero-order valence-electron chi connectivity index (χ0n) is 7.99. The van der Waals surface area contributed by atoms with Crippen molar-refractivity contribution in [2.24, 2.45) is 0 Å². The van der Waals surface area contributed by atoms with Gasteiger partial charge in [0.2, 0.25) is 0 Å². The summed E-state index contributed by atoms with van der Waals surface area (Å²) >= 11 is 0. The fourth-order valence-corrected chi connectivity index (χ4v) is 0.746. The third-order valence-corrected chi connectivity index (χ3v) is 1.39. The molecular weight excluding hydrogens is 199 g/mol. The van der Waals surface area contributed by atoms with Crippen LogP contribution < -0.4 is 5.32 Å². The molecule has 0 aromatic rings. The van der Waals surface area contributed by atoms with Crippen molar-refractivity contribution in [2.75, 3.05) is 19.7 Å². The van der Waals surface area contributed by atoms with Crippen LogP contribution in [0.25, 0.3) is 0 Å². The normalized spacial score (nSPS) is 11.4. The molecule has 3 nitrogen and oxygen atoms in total. The van der Waals surface area contributed by atoms with E-state index in [4.69, 9.17) is 0 Å². The van der Waals surface area contributed by atoms with E-state index in [1.54, 1.807) is 0 Å². The van der Waals surface area contributed by atoms with Gasteiger partial charge in [0.1, 0.15) is 0 Å². The first kappa shape index (κ1) is 13.2. The number of esters is 1. The first-order chi connectivity index (χ1) is 6.48. The standard InChI is InChI=1S/C8H14F3NO2/c1-2-4-12-5-3-6-14-7(13)8(9,10)11/h12H,2-6H2,1H3. The average molecular weight is 213 g/mol. The van der Waals surface area contributed by atoms with Gasteiger partial charge < -0.3 is 10.1 Å². The van der Waals surface area contributed by atoms with E-state index < -0.39 is 12.1 Å². The van der Waals surface area contributed by atoms with E-state index in [1.165, 1.54) is 0 Å². The van der Waals surface area contributed by atoms with E-state index in [2.05, 4.69) is 10.1 Å². The smallest absolute Gasteiger partial charge is 0.459 e. The lowest BCUT2D eigenvalue weighted by molar-refractivity contribution is -0.199. The SMILES string of the molecule is CCCNCCCOC(=O)C(F)(F)F. The molecule has 0 atom stereocenters. The van der Waals surface area contributed by atoms with Crippen molar-refractivity contribution in [1.82, 2.24) is 5.32 Å². The molecule has 0 spiro atoms. The Hall–Kier alpha value is -0.780. The fraction of sp³-hybridized carbons (Fsp3) is 0.875. The maximum absolute atomic E-state index is 11.6. The first-order valence-electron chi connectivity index (χ1n) is 4.43. The van der Waals surface area contributed by atoms with Crippen LogP contribution in [0.15, 0.2) is 0 Å². The minimum atomic E-state index is -4.88. The number of carbonyl (C=O) groups excluding carboxylic acids is 1. The summed E-state index contributed by atoms with van der Waals surface area (Å²) in [6, 6.07) is 0. The maximum Gasteiger partial charge on any atom is 0.490 e. The van der Waals surface area contributed by atoms with Crippen molar-refractivity contribution in [1.29, 1.82) is 0 Å². The monoisotopic (exact) mass is 213 g/mol. The van der Waals surface area contributed by atoms with Crippen LogP contribution in [0.1, 0.15) is 19.8 Å². The van der Waals surface area contributed by atoms with E-state index in [9.17, 15) is 18.0 Å². The van der Waals surface area contributed by atoms with Crippen molar-refractivity contribution < 1.29 is 22.7 Å². The molecule has 14 heavy (non-hydrogen) atoms. The number of rotatable bonds is 6. The van der Waals surface area contributed by atoms with Gasteiger partial charge in [0, 0.05) is 0 Å². The van der Waals surface area contributed by atoms with Crippen LogP contribution in [0.3, 0.4) is 0 Å². The molecule has 84 valence electrons. The predicted octanol–water partition coefficient (Wildman–Crippen LogP) is 1.48. The Kier molecular flexibility index (Phi) is 6.27. The van der Waals surface area contributed by atoms with Crippen molar-refractivity contribution >= 4 is 5.97 Å². The van der Waals surface area contributed by atoms with E-state index in [1.807, 2.05) is 6.92 Å². The molecule has 1 N–H and O–H groups in total. The Balaban J connectivity index is 3.33. The fourth-order valence-electron chi connectivity index (χ4n) is 0.746. The molecule has 0 bridgehead atoms. The van der Waals surface area contributed by atoms with Crippen molar-refractivity contribution in [3.05, 3.63) is 0 Å². The third-order valence-electron chi connectivity index (χ3n) is 1.39. The molecule has 0 radical (unpaired) electrons. The number of alkyl halides is 3. The first-order valence-corrected chi connectivity index (χ1v) is 4.43. The Morgan fingerprint density at radius 2 is 2.00 bits per heavy atom. The van der Waals surface area contributed by atoms with Crippen molar-refractivity contribution in [3.8, 4) is 0 Å². The van der Waals surface area contributed by atoms with Crippen LogP contribution >= 0.6 is 0 Å². The zero-order valence-corrected chi connectivity index (χ0v) is 7.99. The van der Waals surface area contributed by atoms with Gasteiger partial charge in [0.15, 0.2) is 0 Å². The number of halogens is 3. The Labute approximate surface area is 80.6 Å². The summed E-state index contributed by atoms with van der Waals surface area (Å²) in [5, 5.41) is 2.97. The largest absolute Gasteiger partial charge is 0.490 e. The van der Waals surface area contributed by atoms with Gasteiger partial charge in [-0.1, -0.05) is 6.92 Å². The second kappa shape index (κ2) is 6.64. The van der Waals surface area contributed by atoms with Crippen LogP contribution in [0, 0.1) is 0 Å². The molecule has 0 aromatic carbocycles. The van der Waals surface area contributed by atoms with Gasteiger partial charge in [-0.3, -0.25) is 0 Å². The van der Waals surface area contributed by atoms with Crippen molar-refractivity contribution in [3.63, 3.8) is 0 Å². The number of ether oxygens (including phenoxy) is 1. The Morgan fingerprint density at radius 1 is 1.36 bits per heavy atom. The van der Waals surface area contributed by atoms with E-state index in [0.717, 1.165) is 13.0 Å². The average Bonchev–Trinajstić information content (AvgIpc) is 2.09. The van der Waals surface area contributed by atoms with Gasteiger partial charge in [-0.25, -0.2) is 4.79 Å². The summed E-state index contributed by atoms with van der Waals surface area (Å²) in [5.41, 5.74) is 0. The van der Waals surface area contributed by atoms with Gasteiger partial charge in [0.25, 0.3) is 0 Å². The second-order valence-electron chi connectivity index (χ2n) is 2.74. The lowest BCUT2D eigenvalue weighted by Gasteiger charge is -2.07. The number of hydrogen-bond acceptors (Lipinski definition) is 3. The molecule has 0 aliphatic carbocycles. The highest BCUT2D eigenvalue weighted by Gasteiger charge is 2.40.